The summed E-state index contributed by atoms with van der Waals surface area (Å²) in [7, 11) is 1.60. The van der Waals surface area contributed by atoms with Crippen molar-refractivity contribution in [3.63, 3.8) is 0 Å². The molecule has 2 heterocycles. The predicted molar refractivity (Wildman–Crippen MR) is 116 cm³/mol. The fourth-order valence-electron chi connectivity index (χ4n) is 4.43. The van der Waals surface area contributed by atoms with Crippen LogP contribution in [0, 0.1) is 6.92 Å². The van der Waals surface area contributed by atoms with Crippen LogP contribution in [0.4, 0.5) is 0 Å². The standard InChI is InChI=1S/C24H28N2O5/c1-16-12-20(28)19(15-26-8-6-25(7-9-26)10-11-27)24-22(16)23(29)21(31-24)14-17-4-3-5-18(13-17)30-2/h3-5,12-14,27-28H,6-11,15H2,1-2H3/p+2/b21-14-. The van der Waals surface area contributed by atoms with Crippen molar-refractivity contribution in [2.45, 2.75) is 13.5 Å². The monoisotopic (exact) mass is 426 g/mol. The Morgan fingerprint density at radius 3 is 2.61 bits per heavy atom. The Morgan fingerprint density at radius 2 is 1.90 bits per heavy atom. The highest BCUT2D eigenvalue weighted by atomic mass is 16.5. The Bertz CT molecular complexity index is 1010. The summed E-state index contributed by atoms with van der Waals surface area (Å²) in [6.07, 6.45) is 1.72. The predicted octanol–water partition coefficient (Wildman–Crippen LogP) is -0.399. The van der Waals surface area contributed by atoms with Crippen molar-refractivity contribution in [3.8, 4) is 17.2 Å². The van der Waals surface area contributed by atoms with Crippen LogP contribution in [0.2, 0.25) is 0 Å². The molecule has 0 aliphatic carbocycles. The van der Waals surface area contributed by atoms with E-state index in [1.807, 2.05) is 31.2 Å². The third-order valence-electron chi connectivity index (χ3n) is 6.17. The highest BCUT2D eigenvalue weighted by molar-refractivity contribution is 6.15. The largest absolute Gasteiger partial charge is 0.507 e. The van der Waals surface area contributed by atoms with E-state index in [9.17, 15) is 9.90 Å². The number of aliphatic hydroxyl groups is 1. The molecular formula is C24H30N2O5+2. The summed E-state index contributed by atoms with van der Waals surface area (Å²) < 4.78 is 11.3. The molecule has 4 rings (SSSR count). The van der Waals surface area contributed by atoms with Gasteiger partial charge >= 0.3 is 0 Å². The molecule has 0 atom stereocenters. The Hall–Kier alpha value is -2.87. The summed E-state index contributed by atoms with van der Waals surface area (Å²) in [5.41, 5.74) is 2.74. The molecule has 1 saturated heterocycles. The van der Waals surface area contributed by atoms with E-state index >= 15 is 0 Å². The summed E-state index contributed by atoms with van der Waals surface area (Å²) in [6, 6.07) is 9.10. The number of piperazine rings is 1. The Balaban J connectivity index is 1.59. The van der Waals surface area contributed by atoms with Gasteiger partial charge in [-0.25, -0.2) is 0 Å². The second kappa shape index (κ2) is 9.09. The molecule has 1 fully saturated rings. The number of hydrogen-bond acceptors (Lipinski definition) is 5. The van der Waals surface area contributed by atoms with Crippen LogP contribution in [0.1, 0.15) is 27.0 Å². The lowest BCUT2D eigenvalue weighted by Gasteiger charge is -2.29. The smallest absolute Gasteiger partial charge is 0.232 e. The third-order valence-corrected chi connectivity index (χ3v) is 6.17. The van der Waals surface area contributed by atoms with Gasteiger partial charge < -0.3 is 29.5 Å². The zero-order chi connectivity index (χ0) is 22.0. The maximum Gasteiger partial charge on any atom is 0.232 e. The molecule has 7 nitrogen and oxygen atoms in total. The van der Waals surface area contributed by atoms with E-state index in [0.29, 0.717) is 34.7 Å². The lowest BCUT2D eigenvalue weighted by molar-refractivity contribution is -1.02. The van der Waals surface area contributed by atoms with E-state index in [1.54, 1.807) is 19.3 Å². The summed E-state index contributed by atoms with van der Waals surface area (Å²) in [5.74, 6) is 1.45. The van der Waals surface area contributed by atoms with Gasteiger partial charge in [-0.1, -0.05) is 12.1 Å². The van der Waals surface area contributed by atoms with Gasteiger partial charge in [0.15, 0.2) is 11.5 Å². The lowest BCUT2D eigenvalue weighted by atomic mass is 9.99. The summed E-state index contributed by atoms with van der Waals surface area (Å²) >= 11 is 0. The van der Waals surface area contributed by atoms with Gasteiger partial charge in [0.2, 0.25) is 5.78 Å². The second-order valence-electron chi connectivity index (χ2n) is 8.26. The first-order valence-electron chi connectivity index (χ1n) is 10.7. The fraction of sp³-hybridized carbons (Fsp3) is 0.375. The average Bonchev–Trinajstić information content (AvgIpc) is 3.09. The number of aromatic hydroxyl groups is 1. The maximum absolute atomic E-state index is 13.1. The van der Waals surface area contributed by atoms with Gasteiger partial charge in [-0.2, -0.15) is 0 Å². The topological polar surface area (TPSA) is 84.9 Å². The average molecular weight is 427 g/mol. The number of rotatable bonds is 6. The molecule has 0 unspecified atom stereocenters. The maximum atomic E-state index is 13.1. The molecule has 0 bridgehead atoms. The molecule has 2 aromatic carbocycles. The van der Waals surface area contributed by atoms with Gasteiger partial charge in [0.05, 0.1) is 24.8 Å². The van der Waals surface area contributed by atoms with Crippen LogP contribution >= 0.6 is 0 Å². The van der Waals surface area contributed by atoms with Crippen LogP contribution in [0.15, 0.2) is 36.1 Å². The molecule has 0 aromatic heterocycles. The van der Waals surface area contributed by atoms with Gasteiger partial charge in [-0.15, -0.1) is 0 Å². The first-order valence-corrected chi connectivity index (χ1v) is 10.7. The van der Waals surface area contributed by atoms with Crippen molar-refractivity contribution in [2.75, 3.05) is 46.4 Å². The van der Waals surface area contributed by atoms with Crippen LogP contribution in [0.25, 0.3) is 6.08 Å². The van der Waals surface area contributed by atoms with Gasteiger partial charge in [-0.05, 0) is 42.3 Å². The van der Waals surface area contributed by atoms with Crippen molar-refractivity contribution >= 4 is 11.9 Å². The number of ether oxygens (including phenoxy) is 2. The summed E-state index contributed by atoms with van der Waals surface area (Å²) in [4.78, 5) is 15.8. The van der Waals surface area contributed by atoms with E-state index in [0.717, 1.165) is 38.3 Å². The minimum Gasteiger partial charge on any atom is -0.507 e. The highest BCUT2D eigenvalue weighted by Gasteiger charge is 2.35. The summed E-state index contributed by atoms with van der Waals surface area (Å²) in [5, 5.41) is 19.8. The molecule has 0 spiro atoms. The Labute approximate surface area is 182 Å². The molecule has 0 radical (unpaired) electrons. The first-order chi connectivity index (χ1) is 15.0. The lowest BCUT2D eigenvalue weighted by Crippen LogP contribution is -3.27. The van der Waals surface area contributed by atoms with Crippen molar-refractivity contribution in [3.05, 3.63) is 58.3 Å². The molecule has 0 amide bonds. The van der Waals surface area contributed by atoms with E-state index in [2.05, 4.69) is 0 Å². The molecule has 7 heteroatoms. The summed E-state index contributed by atoms with van der Waals surface area (Å²) in [6.45, 7) is 7.24. The number of Topliss-reactive ketones (excluding diaryl/α,β-unsaturated/α-hetero) is 1. The van der Waals surface area contributed by atoms with Crippen LogP contribution in [-0.4, -0.2) is 62.4 Å². The van der Waals surface area contributed by atoms with Crippen LogP contribution < -0.4 is 19.3 Å². The SMILES string of the molecule is COc1cccc(/C=C2\Oc3c(C[NH+]4CC[NH+](CCO)CC4)c(O)cc(C)c3C2=O)c1. The van der Waals surface area contributed by atoms with Crippen LogP contribution in [0.5, 0.6) is 17.2 Å². The molecular weight excluding hydrogens is 396 g/mol. The number of phenolic OH excluding ortho intramolecular Hbond substituents is 1. The Morgan fingerprint density at radius 1 is 1.16 bits per heavy atom. The van der Waals surface area contributed by atoms with Gasteiger partial charge in [-0.3, -0.25) is 4.79 Å². The molecule has 0 saturated carbocycles. The van der Waals surface area contributed by atoms with Gasteiger partial charge in [0, 0.05) is 0 Å². The number of fused-ring (bicyclic) bond motifs is 1. The van der Waals surface area contributed by atoms with Crippen molar-refractivity contribution in [2.24, 2.45) is 0 Å². The number of phenols is 1. The zero-order valence-corrected chi connectivity index (χ0v) is 18.0. The minimum absolute atomic E-state index is 0.163. The molecule has 2 aliphatic heterocycles. The second-order valence-corrected chi connectivity index (χ2v) is 8.26. The number of aliphatic hydroxyl groups excluding tert-OH is 1. The Kier molecular flexibility index (Phi) is 6.27. The quantitative estimate of drug-likeness (QED) is 0.473. The number of ketones is 1. The van der Waals surface area contributed by atoms with Crippen LogP contribution in [0.3, 0.4) is 0 Å². The van der Waals surface area contributed by atoms with Gasteiger partial charge in [0.25, 0.3) is 0 Å². The number of aryl methyl sites for hydroxylation is 1. The molecule has 2 aromatic rings. The number of methoxy groups -OCH3 is 1. The molecule has 31 heavy (non-hydrogen) atoms. The fourth-order valence-corrected chi connectivity index (χ4v) is 4.43. The number of allylic oxidation sites excluding steroid dienone is 1. The van der Waals surface area contributed by atoms with E-state index in [-0.39, 0.29) is 23.9 Å². The number of quaternary nitrogens is 2. The molecule has 164 valence electrons. The first kappa shape index (κ1) is 21.4. The number of hydrogen-bond donors (Lipinski definition) is 4. The molecule has 2 aliphatic rings. The van der Waals surface area contributed by atoms with Crippen molar-refractivity contribution in [1.29, 1.82) is 0 Å². The van der Waals surface area contributed by atoms with E-state index < -0.39 is 0 Å². The van der Waals surface area contributed by atoms with Crippen molar-refractivity contribution in [1.82, 2.24) is 0 Å². The third kappa shape index (κ3) is 4.44. The minimum atomic E-state index is -0.163. The normalized spacial score (nSPS) is 21.8. The number of carbonyl (C=O) groups excluding carboxylic acids is 1. The van der Waals surface area contributed by atoms with Crippen LogP contribution in [-0.2, 0) is 6.54 Å². The molecule has 4 N–H and O–H groups in total. The van der Waals surface area contributed by atoms with E-state index in [4.69, 9.17) is 14.6 Å². The van der Waals surface area contributed by atoms with Gasteiger partial charge in [0.1, 0.15) is 50.8 Å². The zero-order valence-electron chi connectivity index (χ0n) is 18.0. The van der Waals surface area contributed by atoms with Crippen molar-refractivity contribution < 1.29 is 34.3 Å². The number of nitrogens with one attached hydrogen (secondary N) is 2. The highest BCUT2D eigenvalue weighted by Crippen LogP contribution is 2.41. The number of benzene rings is 2. The number of carbonyl (C=O) groups is 1. The van der Waals surface area contributed by atoms with E-state index in [1.165, 1.54) is 9.80 Å².